The first-order valence-electron chi connectivity index (χ1n) is 6.55. The molecule has 112 valence electrons. The molecule has 1 aliphatic heterocycles. The zero-order chi connectivity index (χ0) is 14.8. The van der Waals surface area contributed by atoms with Crippen LogP contribution < -0.4 is 5.32 Å². The number of rotatable bonds is 4. The molecule has 2 rings (SSSR count). The molecule has 0 amide bonds. The first-order chi connectivity index (χ1) is 9.46. The van der Waals surface area contributed by atoms with E-state index in [9.17, 15) is 17.2 Å². The second-order valence-corrected chi connectivity index (χ2v) is 6.89. The van der Waals surface area contributed by atoms with E-state index in [-0.39, 0.29) is 5.92 Å². The molecule has 1 fully saturated rings. The highest BCUT2D eigenvalue weighted by Gasteiger charge is 2.32. The quantitative estimate of drug-likeness (QED) is 0.919. The number of piperidine rings is 1. The van der Waals surface area contributed by atoms with Crippen LogP contribution in [0.25, 0.3) is 0 Å². The van der Waals surface area contributed by atoms with E-state index in [4.69, 9.17) is 0 Å². The molecular formula is C13H18F2N2O2S. The van der Waals surface area contributed by atoms with E-state index in [0.29, 0.717) is 19.6 Å². The SMILES string of the molecule is CNCC1CCCN(S(=O)(=O)c2cccc(F)c2F)C1. The summed E-state index contributed by atoms with van der Waals surface area (Å²) >= 11 is 0. The van der Waals surface area contributed by atoms with Crippen molar-refractivity contribution in [3.8, 4) is 0 Å². The second kappa shape index (κ2) is 6.15. The van der Waals surface area contributed by atoms with Crippen LogP contribution in [-0.4, -0.2) is 39.4 Å². The number of sulfonamides is 1. The van der Waals surface area contributed by atoms with Crippen LogP contribution in [0.3, 0.4) is 0 Å². The zero-order valence-corrected chi connectivity index (χ0v) is 12.1. The van der Waals surface area contributed by atoms with Gasteiger partial charge in [-0.1, -0.05) is 6.07 Å². The van der Waals surface area contributed by atoms with Gasteiger partial charge >= 0.3 is 0 Å². The van der Waals surface area contributed by atoms with Crippen molar-refractivity contribution < 1.29 is 17.2 Å². The largest absolute Gasteiger partial charge is 0.319 e. The van der Waals surface area contributed by atoms with Gasteiger partial charge in [-0.15, -0.1) is 0 Å². The lowest BCUT2D eigenvalue weighted by atomic mass is 10.00. The van der Waals surface area contributed by atoms with Gasteiger partial charge in [-0.25, -0.2) is 17.2 Å². The molecule has 1 heterocycles. The van der Waals surface area contributed by atoms with E-state index in [1.165, 1.54) is 10.4 Å². The minimum Gasteiger partial charge on any atom is -0.319 e. The van der Waals surface area contributed by atoms with Crippen LogP contribution in [0.5, 0.6) is 0 Å². The van der Waals surface area contributed by atoms with Gasteiger partial charge in [0.1, 0.15) is 4.90 Å². The highest BCUT2D eigenvalue weighted by atomic mass is 32.2. The third kappa shape index (κ3) is 2.99. The highest BCUT2D eigenvalue weighted by molar-refractivity contribution is 7.89. The van der Waals surface area contributed by atoms with Crippen LogP contribution >= 0.6 is 0 Å². The molecule has 1 aliphatic rings. The zero-order valence-electron chi connectivity index (χ0n) is 11.3. The molecule has 0 aromatic heterocycles. The maximum absolute atomic E-state index is 13.7. The molecule has 1 N–H and O–H groups in total. The topological polar surface area (TPSA) is 49.4 Å². The van der Waals surface area contributed by atoms with Crippen molar-refractivity contribution >= 4 is 10.0 Å². The van der Waals surface area contributed by atoms with Crippen molar-refractivity contribution in [2.24, 2.45) is 5.92 Å². The normalized spacial score (nSPS) is 21.1. The molecule has 1 saturated heterocycles. The third-order valence-corrected chi connectivity index (χ3v) is 5.39. The maximum Gasteiger partial charge on any atom is 0.246 e. The number of nitrogens with one attached hydrogen (secondary N) is 1. The van der Waals surface area contributed by atoms with Crippen LogP contribution in [-0.2, 0) is 10.0 Å². The molecule has 1 aromatic carbocycles. The molecule has 1 unspecified atom stereocenters. The Morgan fingerprint density at radius 2 is 2.15 bits per heavy atom. The van der Waals surface area contributed by atoms with Gasteiger partial charge in [0.05, 0.1) is 0 Å². The second-order valence-electron chi connectivity index (χ2n) is 4.98. The molecule has 0 bridgehead atoms. The molecule has 7 heteroatoms. The Bertz CT molecular complexity index is 576. The summed E-state index contributed by atoms with van der Waals surface area (Å²) in [6, 6.07) is 3.23. The fourth-order valence-electron chi connectivity index (χ4n) is 2.52. The van der Waals surface area contributed by atoms with Crippen molar-refractivity contribution in [2.45, 2.75) is 17.7 Å². The van der Waals surface area contributed by atoms with E-state index >= 15 is 0 Å². The molecule has 0 radical (unpaired) electrons. The molecule has 20 heavy (non-hydrogen) atoms. The minimum atomic E-state index is -3.98. The van der Waals surface area contributed by atoms with Crippen molar-refractivity contribution in [3.05, 3.63) is 29.8 Å². The summed E-state index contributed by atoms with van der Waals surface area (Å²) in [4.78, 5) is -0.581. The minimum absolute atomic E-state index is 0.195. The predicted molar refractivity (Wildman–Crippen MR) is 71.8 cm³/mol. The Hall–Kier alpha value is -1.05. The van der Waals surface area contributed by atoms with E-state index in [2.05, 4.69) is 5.32 Å². The van der Waals surface area contributed by atoms with Gasteiger partial charge in [-0.2, -0.15) is 4.31 Å². The van der Waals surface area contributed by atoms with E-state index in [1.807, 2.05) is 0 Å². The standard InChI is InChI=1S/C13H18F2N2O2S/c1-16-8-10-4-3-7-17(9-10)20(18,19)12-6-2-5-11(14)13(12)15/h2,5-6,10,16H,3-4,7-9H2,1H3. The molecule has 0 aliphatic carbocycles. The monoisotopic (exact) mass is 304 g/mol. The fourth-order valence-corrected chi connectivity index (χ4v) is 4.15. The smallest absolute Gasteiger partial charge is 0.246 e. The van der Waals surface area contributed by atoms with Gasteiger partial charge in [0.25, 0.3) is 0 Å². The van der Waals surface area contributed by atoms with Crippen LogP contribution in [0, 0.1) is 17.6 Å². The summed E-state index contributed by atoms with van der Waals surface area (Å²) < 4.78 is 53.0. The first-order valence-corrected chi connectivity index (χ1v) is 7.99. The summed E-state index contributed by atoms with van der Waals surface area (Å²) in [6.07, 6.45) is 1.65. The predicted octanol–water partition coefficient (Wildman–Crippen LogP) is 1.58. The van der Waals surface area contributed by atoms with Crippen LogP contribution in [0.4, 0.5) is 8.78 Å². The third-order valence-electron chi connectivity index (χ3n) is 3.51. The van der Waals surface area contributed by atoms with Gasteiger partial charge in [-0.3, -0.25) is 0 Å². The summed E-state index contributed by atoms with van der Waals surface area (Å²) in [5.74, 6) is -2.25. The van der Waals surface area contributed by atoms with Crippen molar-refractivity contribution in [3.63, 3.8) is 0 Å². The maximum atomic E-state index is 13.7. The molecule has 4 nitrogen and oxygen atoms in total. The molecule has 1 atom stereocenters. The van der Waals surface area contributed by atoms with Gasteiger partial charge < -0.3 is 5.32 Å². The fraction of sp³-hybridized carbons (Fsp3) is 0.538. The van der Waals surface area contributed by atoms with Gasteiger partial charge in [0.2, 0.25) is 10.0 Å². The molecule has 0 spiro atoms. The lowest BCUT2D eigenvalue weighted by Gasteiger charge is -2.31. The number of hydrogen-bond acceptors (Lipinski definition) is 3. The molecule has 1 aromatic rings. The Morgan fingerprint density at radius 1 is 1.40 bits per heavy atom. The van der Waals surface area contributed by atoms with Crippen molar-refractivity contribution in [1.29, 1.82) is 0 Å². The summed E-state index contributed by atoms with van der Waals surface area (Å²) in [5, 5.41) is 3.01. The van der Waals surface area contributed by atoms with E-state index in [1.54, 1.807) is 7.05 Å². The lowest BCUT2D eigenvalue weighted by Crippen LogP contribution is -2.42. The highest BCUT2D eigenvalue weighted by Crippen LogP contribution is 2.25. The van der Waals surface area contributed by atoms with E-state index < -0.39 is 26.6 Å². The Kier molecular flexibility index (Phi) is 4.72. The van der Waals surface area contributed by atoms with Crippen molar-refractivity contribution in [1.82, 2.24) is 9.62 Å². The Morgan fingerprint density at radius 3 is 2.85 bits per heavy atom. The summed E-state index contributed by atoms with van der Waals surface area (Å²) in [5.41, 5.74) is 0. The summed E-state index contributed by atoms with van der Waals surface area (Å²) in [7, 11) is -2.17. The van der Waals surface area contributed by atoms with E-state index in [0.717, 1.165) is 25.0 Å². The number of benzene rings is 1. The number of nitrogens with zero attached hydrogens (tertiary/aromatic N) is 1. The first kappa shape index (κ1) is 15.3. The van der Waals surface area contributed by atoms with Crippen LogP contribution in [0.2, 0.25) is 0 Å². The Labute approximate surface area is 117 Å². The average Bonchev–Trinajstić information content (AvgIpc) is 2.42. The van der Waals surface area contributed by atoms with Gasteiger partial charge in [-0.05, 0) is 44.5 Å². The molecule has 0 saturated carbocycles. The average molecular weight is 304 g/mol. The molecular weight excluding hydrogens is 286 g/mol. The van der Waals surface area contributed by atoms with Crippen LogP contribution in [0.15, 0.2) is 23.1 Å². The van der Waals surface area contributed by atoms with Gasteiger partial charge in [0, 0.05) is 13.1 Å². The Balaban J connectivity index is 2.28. The van der Waals surface area contributed by atoms with Crippen LogP contribution in [0.1, 0.15) is 12.8 Å². The number of hydrogen-bond donors (Lipinski definition) is 1. The number of halogens is 2. The van der Waals surface area contributed by atoms with Gasteiger partial charge in [0.15, 0.2) is 11.6 Å². The lowest BCUT2D eigenvalue weighted by molar-refractivity contribution is 0.262. The van der Waals surface area contributed by atoms with Crippen molar-refractivity contribution in [2.75, 3.05) is 26.7 Å². The summed E-state index contributed by atoms with van der Waals surface area (Å²) in [6.45, 7) is 1.38.